The molecule has 0 heterocycles. The molecule has 1 aromatic rings. The number of nitrogens with two attached hydrogens (primary N) is 1. The molecule has 0 bridgehead atoms. The van der Waals surface area contributed by atoms with Gasteiger partial charge in [-0.15, -0.1) is 0 Å². The molecule has 3 heteroatoms. The average Bonchev–Trinajstić information content (AvgIpc) is 2.55. The van der Waals surface area contributed by atoms with E-state index in [-0.39, 0.29) is 6.04 Å². The summed E-state index contributed by atoms with van der Waals surface area (Å²) in [6.07, 6.45) is 8.57. The minimum Gasteiger partial charge on any atom is -0.321 e. The minimum absolute atomic E-state index is 0.0434. The Kier molecular flexibility index (Phi) is 4.83. The first kappa shape index (κ1) is 13.3. The monoisotopic (exact) mass is 357 g/mol. The summed E-state index contributed by atoms with van der Waals surface area (Å²) in [6.45, 7) is 0. The maximum absolute atomic E-state index is 6.37. The Morgan fingerprint density at radius 2 is 1.71 bits per heavy atom. The maximum atomic E-state index is 6.37. The summed E-state index contributed by atoms with van der Waals surface area (Å²) in [6, 6.07) is 6.31. The Bertz CT molecular complexity index is 406. The standard InChI is InChI=1S/C14H17Br2N/c15-12-7-11(8-13(16)9-12)14(17)10-5-3-1-2-4-6-10/h5,7-9,14H,1-4,6,17H2. The normalized spacial score (nSPS) is 18.4. The highest BCUT2D eigenvalue weighted by Crippen LogP contribution is 2.30. The van der Waals surface area contributed by atoms with Crippen LogP contribution in [0.4, 0.5) is 0 Å². The number of halogens is 2. The van der Waals surface area contributed by atoms with Crippen molar-refractivity contribution in [3.63, 3.8) is 0 Å². The van der Waals surface area contributed by atoms with E-state index < -0.39 is 0 Å². The van der Waals surface area contributed by atoms with Crippen LogP contribution in [0.25, 0.3) is 0 Å². The molecule has 1 unspecified atom stereocenters. The molecule has 1 nitrogen and oxygen atoms in total. The third-order valence-electron chi connectivity index (χ3n) is 3.22. The summed E-state index contributed by atoms with van der Waals surface area (Å²) in [5.41, 5.74) is 8.94. The zero-order valence-electron chi connectivity index (χ0n) is 9.76. The lowest BCUT2D eigenvalue weighted by Crippen LogP contribution is -2.13. The Morgan fingerprint density at radius 3 is 2.41 bits per heavy atom. The second-order valence-electron chi connectivity index (χ2n) is 4.56. The van der Waals surface area contributed by atoms with Gasteiger partial charge in [-0.25, -0.2) is 0 Å². The first-order valence-electron chi connectivity index (χ1n) is 6.07. The number of hydrogen-bond donors (Lipinski definition) is 1. The third-order valence-corrected chi connectivity index (χ3v) is 4.14. The Hall–Kier alpha value is -0.120. The van der Waals surface area contributed by atoms with Gasteiger partial charge in [0.25, 0.3) is 0 Å². The molecule has 1 atom stereocenters. The van der Waals surface area contributed by atoms with Gasteiger partial charge in [-0.05, 0) is 49.4 Å². The predicted molar refractivity (Wildman–Crippen MR) is 79.9 cm³/mol. The van der Waals surface area contributed by atoms with E-state index in [2.05, 4.69) is 50.1 Å². The third kappa shape index (κ3) is 3.67. The molecule has 0 saturated heterocycles. The lowest BCUT2D eigenvalue weighted by atomic mass is 9.96. The van der Waals surface area contributed by atoms with Gasteiger partial charge in [0.15, 0.2) is 0 Å². The summed E-state index contributed by atoms with van der Waals surface area (Å²) in [5, 5.41) is 0. The molecule has 0 aromatic heterocycles. The Balaban J connectivity index is 2.23. The van der Waals surface area contributed by atoms with Crippen molar-refractivity contribution in [2.24, 2.45) is 5.73 Å². The van der Waals surface area contributed by atoms with Crippen LogP contribution in [0.2, 0.25) is 0 Å². The fourth-order valence-corrected chi connectivity index (χ4v) is 3.62. The largest absolute Gasteiger partial charge is 0.321 e. The van der Waals surface area contributed by atoms with Crippen LogP contribution in [0, 0.1) is 0 Å². The first-order valence-corrected chi connectivity index (χ1v) is 7.66. The van der Waals surface area contributed by atoms with Gasteiger partial charge in [-0.1, -0.05) is 49.9 Å². The van der Waals surface area contributed by atoms with Gasteiger partial charge in [0.1, 0.15) is 0 Å². The van der Waals surface area contributed by atoms with Gasteiger partial charge in [0, 0.05) is 8.95 Å². The van der Waals surface area contributed by atoms with Crippen molar-refractivity contribution in [3.05, 3.63) is 44.4 Å². The van der Waals surface area contributed by atoms with E-state index in [1.165, 1.54) is 36.8 Å². The van der Waals surface area contributed by atoms with Crippen molar-refractivity contribution < 1.29 is 0 Å². The summed E-state index contributed by atoms with van der Waals surface area (Å²) < 4.78 is 2.15. The van der Waals surface area contributed by atoms with E-state index in [4.69, 9.17) is 5.73 Å². The smallest absolute Gasteiger partial charge is 0.0511 e. The lowest BCUT2D eigenvalue weighted by molar-refractivity contribution is 0.688. The van der Waals surface area contributed by atoms with Gasteiger partial charge in [-0.2, -0.15) is 0 Å². The topological polar surface area (TPSA) is 26.0 Å². The van der Waals surface area contributed by atoms with Gasteiger partial charge in [0.05, 0.1) is 6.04 Å². The zero-order chi connectivity index (χ0) is 12.3. The van der Waals surface area contributed by atoms with E-state index in [1.807, 2.05) is 6.07 Å². The molecule has 17 heavy (non-hydrogen) atoms. The molecule has 2 rings (SSSR count). The van der Waals surface area contributed by atoms with Crippen molar-refractivity contribution in [2.45, 2.75) is 38.1 Å². The molecule has 1 aliphatic rings. The summed E-state index contributed by atoms with van der Waals surface area (Å²) in [4.78, 5) is 0. The van der Waals surface area contributed by atoms with E-state index in [1.54, 1.807) is 0 Å². The second-order valence-corrected chi connectivity index (χ2v) is 6.39. The first-order chi connectivity index (χ1) is 8.16. The number of allylic oxidation sites excluding steroid dienone is 1. The molecule has 2 N–H and O–H groups in total. The van der Waals surface area contributed by atoms with Gasteiger partial charge >= 0.3 is 0 Å². The fourth-order valence-electron chi connectivity index (χ4n) is 2.29. The van der Waals surface area contributed by atoms with Crippen molar-refractivity contribution >= 4 is 31.9 Å². The van der Waals surface area contributed by atoms with E-state index >= 15 is 0 Å². The van der Waals surface area contributed by atoms with Crippen molar-refractivity contribution in [2.75, 3.05) is 0 Å². The number of rotatable bonds is 2. The van der Waals surface area contributed by atoms with E-state index in [0.29, 0.717) is 0 Å². The molecule has 1 aromatic carbocycles. The Morgan fingerprint density at radius 1 is 1.00 bits per heavy atom. The van der Waals surface area contributed by atoms with Crippen LogP contribution >= 0.6 is 31.9 Å². The van der Waals surface area contributed by atoms with E-state index in [9.17, 15) is 0 Å². The molecule has 0 saturated carbocycles. The van der Waals surface area contributed by atoms with E-state index in [0.717, 1.165) is 15.4 Å². The van der Waals surface area contributed by atoms with Crippen LogP contribution in [0.3, 0.4) is 0 Å². The summed E-state index contributed by atoms with van der Waals surface area (Å²) in [5.74, 6) is 0. The molecule has 0 amide bonds. The zero-order valence-corrected chi connectivity index (χ0v) is 12.9. The average molecular weight is 359 g/mol. The van der Waals surface area contributed by atoms with Crippen molar-refractivity contribution in [1.82, 2.24) is 0 Å². The quantitative estimate of drug-likeness (QED) is 0.731. The molecule has 92 valence electrons. The fraction of sp³-hybridized carbons (Fsp3) is 0.429. The molecule has 0 radical (unpaired) electrons. The molecule has 0 aliphatic heterocycles. The predicted octanol–water partition coefficient (Wildman–Crippen LogP) is 5.10. The lowest BCUT2D eigenvalue weighted by Gasteiger charge is -2.16. The summed E-state index contributed by atoms with van der Waals surface area (Å²) >= 11 is 7.03. The van der Waals surface area contributed by atoms with Crippen molar-refractivity contribution in [3.8, 4) is 0 Å². The SMILES string of the molecule is NC(C1=CCCCCC1)c1cc(Br)cc(Br)c1. The number of hydrogen-bond acceptors (Lipinski definition) is 1. The minimum atomic E-state index is 0.0434. The number of benzene rings is 1. The van der Waals surface area contributed by atoms with Crippen LogP contribution in [0.15, 0.2) is 38.8 Å². The van der Waals surface area contributed by atoms with Gasteiger partial charge in [0.2, 0.25) is 0 Å². The highest BCUT2D eigenvalue weighted by atomic mass is 79.9. The molecular weight excluding hydrogens is 342 g/mol. The van der Waals surface area contributed by atoms with Crippen LogP contribution in [-0.4, -0.2) is 0 Å². The van der Waals surface area contributed by atoms with Crippen LogP contribution in [0.5, 0.6) is 0 Å². The molecular formula is C14H17Br2N. The molecule has 0 fully saturated rings. The van der Waals surface area contributed by atoms with Crippen LogP contribution in [0.1, 0.15) is 43.7 Å². The Labute approximate surface area is 120 Å². The second kappa shape index (κ2) is 6.17. The molecule has 1 aliphatic carbocycles. The summed E-state index contributed by atoms with van der Waals surface area (Å²) in [7, 11) is 0. The van der Waals surface area contributed by atoms with Crippen LogP contribution in [-0.2, 0) is 0 Å². The molecule has 0 spiro atoms. The maximum Gasteiger partial charge on any atom is 0.0511 e. The highest BCUT2D eigenvalue weighted by Gasteiger charge is 2.14. The van der Waals surface area contributed by atoms with Crippen LogP contribution < -0.4 is 5.73 Å². The van der Waals surface area contributed by atoms with Crippen molar-refractivity contribution in [1.29, 1.82) is 0 Å². The van der Waals surface area contributed by atoms with Gasteiger partial charge < -0.3 is 5.73 Å². The van der Waals surface area contributed by atoms with Gasteiger partial charge in [-0.3, -0.25) is 0 Å². The highest BCUT2D eigenvalue weighted by molar-refractivity contribution is 9.11.